The van der Waals surface area contributed by atoms with Gasteiger partial charge in [-0.2, -0.15) is 0 Å². The molecule has 1 aliphatic rings. The average Bonchev–Trinajstić information content (AvgIpc) is 3.33. The first kappa shape index (κ1) is 26.1. The lowest BCUT2D eigenvalue weighted by Crippen LogP contribution is -2.58. The Morgan fingerprint density at radius 2 is 1.79 bits per heavy atom. The highest BCUT2D eigenvalue weighted by Gasteiger charge is 2.48. The number of hydrogen-bond acceptors (Lipinski definition) is 5. The number of aliphatic hydroxyl groups excluding tert-OH is 1. The van der Waals surface area contributed by atoms with Crippen molar-refractivity contribution >= 4 is 6.09 Å². The molecular weight excluding hydrogens is 444 g/mol. The van der Waals surface area contributed by atoms with E-state index in [1.807, 2.05) is 6.07 Å². The molecule has 1 fully saturated rings. The number of aliphatic hydroxyl groups is 1. The summed E-state index contributed by atoms with van der Waals surface area (Å²) in [6.45, 7) is 9.42. The van der Waals surface area contributed by atoms with Crippen molar-refractivity contribution in [1.29, 1.82) is 0 Å². The van der Waals surface area contributed by atoms with Gasteiger partial charge in [-0.25, -0.2) is 13.6 Å². The van der Waals surface area contributed by atoms with Crippen LogP contribution in [0.15, 0.2) is 28.8 Å². The quantitative estimate of drug-likeness (QED) is 0.465. The molecule has 1 aromatic carbocycles. The van der Waals surface area contributed by atoms with E-state index < -0.39 is 41.0 Å². The zero-order valence-corrected chi connectivity index (χ0v) is 20.4. The summed E-state index contributed by atoms with van der Waals surface area (Å²) in [6.07, 6.45) is -0.00169. The number of hydrogen-bond donors (Lipinski definition) is 3. The van der Waals surface area contributed by atoms with Gasteiger partial charge in [-0.15, -0.1) is 0 Å². The Bertz CT molecular complexity index is 978. The molecule has 0 saturated heterocycles. The van der Waals surface area contributed by atoms with Crippen molar-refractivity contribution < 1.29 is 28.3 Å². The minimum Gasteiger partial charge on any atom is -0.465 e. The van der Waals surface area contributed by atoms with Crippen LogP contribution >= 0.6 is 0 Å². The van der Waals surface area contributed by atoms with Gasteiger partial charge in [-0.05, 0) is 70.1 Å². The van der Waals surface area contributed by atoms with E-state index in [4.69, 9.17) is 4.52 Å². The van der Waals surface area contributed by atoms with E-state index >= 15 is 0 Å². The fourth-order valence-electron chi connectivity index (χ4n) is 4.42. The maximum absolute atomic E-state index is 13.8. The summed E-state index contributed by atoms with van der Waals surface area (Å²) in [7, 11) is 0. The maximum atomic E-state index is 13.8. The second-order valence-electron chi connectivity index (χ2n) is 10.7. The molecule has 1 amide bonds. The number of benzene rings is 1. The van der Waals surface area contributed by atoms with Gasteiger partial charge in [-0.1, -0.05) is 19.0 Å². The zero-order chi connectivity index (χ0) is 25.3. The van der Waals surface area contributed by atoms with Crippen LogP contribution < -0.4 is 5.32 Å². The van der Waals surface area contributed by atoms with Crippen LogP contribution in [-0.2, 0) is 18.4 Å². The molecule has 0 radical (unpaired) electrons. The summed E-state index contributed by atoms with van der Waals surface area (Å²) < 4.78 is 33.2. The topological polar surface area (TPSA) is 98.8 Å². The third kappa shape index (κ3) is 6.33. The smallest absolute Gasteiger partial charge is 0.408 e. The van der Waals surface area contributed by atoms with Crippen molar-refractivity contribution in [2.24, 2.45) is 5.92 Å². The van der Waals surface area contributed by atoms with Gasteiger partial charge in [0.25, 0.3) is 0 Å². The van der Waals surface area contributed by atoms with Crippen LogP contribution in [0, 0.1) is 17.6 Å². The first-order valence-corrected chi connectivity index (χ1v) is 11.7. The Morgan fingerprint density at radius 1 is 1.18 bits per heavy atom. The van der Waals surface area contributed by atoms with Crippen molar-refractivity contribution in [1.82, 2.24) is 15.4 Å². The molecule has 7 nitrogen and oxygen atoms in total. The molecule has 9 heteroatoms. The molecular formula is C25H35F2N3O4. The second kappa shape index (κ2) is 10.00. The molecule has 2 atom stereocenters. The highest BCUT2D eigenvalue weighted by atomic mass is 19.1. The van der Waals surface area contributed by atoms with Crippen LogP contribution in [-0.4, -0.2) is 50.6 Å². The molecule has 3 rings (SSSR count). The van der Waals surface area contributed by atoms with Crippen molar-refractivity contribution in [3.05, 3.63) is 52.9 Å². The molecule has 2 aromatic rings. The second-order valence-corrected chi connectivity index (χ2v) is 10.7. The van der Waals surface area contributed by atoms with E-state index in [1.165, 1.54) is 0 Å². The van der Waals surface area contributed by atoms with E-state index in [1.54, 1.807) is 20.8 Å². The lowest BCUT2D eigenvalue weighted by Gasteiger charge is -2.42. The standard InChI is InChI=1S/C25H35F2N3O4/c1-15(2)8-19-13-22(34-29-19)25(6-7-25)28-14-21(31)20(30(23(32)33)24(3,4)5)11-16-9-17(26)12-18(27)10-16/h9-10,12-13,15,20-21,28,31H,6-8,11,14H2,1-5H3,(H,32,33)/t20-,21+/m0/s1. The number of carboxylic acid groups (broad SMARTS) is 1. The van der Waals surface area contributed by atoms with Crippen LogP contribution in [0.1, 0.15) is 64.5 Å². The minimum atomic E-state index is -1.22. The predicted molar refractivity (Wildman–Crippen MR) is 123 cm³/mol. The van der Waals surface area contributed by atoms with Gasteiger partial charge in [0.15, 0.2) is 5.76 Å². The molecule has 1 aromatic heterocycles. The number of nitrogens with zero attached hydrogens (tertiary/aromatic N) is 2. The van der Waals surface area contributed by atoms with Crippen molar-refractivity contribution in [2.45, 2.75) is 83.5 Å². The number of halogens is 2. The highest BCUT2D eigenvalue weighted by molar-refractivity contribution is 5.66. The summed E-state index contributed by atoms with van der Waals surface area (Å²) in [5, 5.41) is 28.6. The minimum absolute atomic E-state index is 0.0467. The number of aromatic nitrogens is 1. The molecule has 188 valence electrons. The van der Waals surface area contributed by atoms with Crippen molar-refractivity contribution in [3.8, 4) is 0 Å². The fraction of sp³-hybridized carbons (Fsp3) is 0.600. The fourth-order valence-corrected chi connectivity index (χ4v) is 4.42. The van der Waals surface area contributed by atoms with E-state index in [-0.39, 0.29) is 18.5 Å². The van der Waals surface area contributed by atoms with E-state index in [0.717, 1.165) is 48.1 Å². The predicted octanol–water partition coefficient (Wildman–Crippen LogP) is 4.48. The van der Waals surface area contributed by atoms with E-state index in [9.17, 15) is 23.8 Å². The van der Waals surface area contributed by atoms with Crippen molar-refractivity contribution in [3.63, 3.8) is 0 Å². The first-order chi connectivity index (χ1) is 15.8. The summed E-state index contributed by atoms with van der Waals surface area (Å²) in [6, 6.07) is 4.07. The third-order valence-electron chi connectivity index (χ3n) is 6.12. The summed E-state index contributed by atoms with van der Waals surface area (Å²) in [4.78, 5) is 13.3. The molecule has 0 spiro atoms. The number of carbonyl (C=O) groups is 1. The Morgan fingerprint density at radius 3 is 2.29 bits per heavy atom. The molecule has 34 heavy (non-hydrogen) atoms. The van der Waals surface area contributed by atoms with Gasteiger partial charge < -0.3 is 20.1 Å². The molecule has 1 heterocycles. The monoisotopic (exact) mass is 479 g/mol. The van der Waals surface area contributed by atoms with Gasteiger partial charge in [0.2, 0.25) is 0 Å². The third-order valence-corrected chi connectivity index (χ3v) is 6.12. The number of rotatable bonds is 10. The van der Waals surface area contributed by atoms with E-state index in [0.29, 0.717) is 11.7 Å². The van der Waals surface area contributed by atoms with Crippen LogP contribution in [0.5, 0.6) is 0 Å². The average molecular weight is 480 g/mol. The molecule has 3 N–H and O–H groups in total. The zero-order valence-electron chi connectivity index (χ0n) is 20.4. The van der Waals surface area contributed by atoms with Gasteiger partial charge in [0.05, 0.1) is 23.4 Å². The Hall–Kier alpha value is -2.52. The highest BCUT2D eigenvalue weighted by Crippen LogP contribution is 2.45. The molecule has 0 bridgehead atoms. The van der Waals surface area contributed by atoms with Crippen LogP contribution in [0.2, 0.25) is 0 Å². The van der Waals surface area contributed by atoms with Gasteiger partial charge >= 0.3 is 6.09 Å². The van der Waals surface area contributed by atoms with Crippen molar-refractivity contribution in [2.75, 3.05) is 6.54 Å². The summed E-state index contributed by atoms with van der Waals surface area (Å²) in [5.74, 6) is -0.363. The lowest BCUT2D eigenvalue weighted by atomic mass is 9.94. The Labute approximate surface area is 199 Å². The number of nitrogens with one attached hydrogen (secondary N) is 1. The lowest BCUT2D eigenvalue weighted by molar-refractivity contribution is 0.00609. The molecule has 1 saturated carbocycles. The largest absolute Gasteiger partial charge is 0.465 e. The van der Waals surface area contributed by atoms with Gasteiger partial charge in [-0.3, -0.25) is 4.90 Å². The normalized spacial score (nSPS) is 17.0. The van der Waals surface area contributed by atoms with Crippen LogP contribution in [0.3, 0.4) is 0 Å². The number of amides is 1. The van der Waals surface area contributed by atoms with Crippen LogP contribution in [0.25, 0.3) is 0 Å². The molecule has 0 unspecified atom stereocenters. The Balaban J connectivity index is 1.80. The molecule has 0 aliphatic heterocycles. The van der Waals surface area contributed by atoms with Crippen LogP contribution in [0.4, 0.5) is 13.6 Å². The maximum Gasteiger partial charge on any atom is 0.408 e. The summed E-state index contributed by atoms with van der Waals surface area (Å²) in [5.41, 5.74) is -0.160. The SMILES string of the molecule is CC(C)Cc1cc(C2(NC[C@@H](O)[C@H](Cc3cc(F)cc(F)c3)N(C(=O)O)C(C)(C)C)CC2)on1. The van der Waals surface area contributed by atoms with Gasteiger partial charge in [0, 0.05) is 24.2 Å². The van der Waals surface area contributed by atoms with E-state index in [2.05, 4.69) is 24.3 Å². The Kier molecular flexibility index (Phi) is 7.67. The summed E-state index contributed by atoms with van der Waals surface area (Å²) >= 11 is 0. The first-order valence-electron chi connectivity index (χ1n) is 11.7. The van der Waals surface area contributed by atoms with Gasteiger partial charge in [0.1, 0.15) is 11.6 Å². The molecule has 1 aliphatic carbocycles.